The summed E-state index contributed by atoms with van der Waals surface area (Å²) in [6.07, 6.45) is -2.72. The zero-order valence-corrected chi connectivity index (χ0v) is 9.22. The van der Waals surface area contributed by atoms with Crippen molar-refractivity contribution in [2.45, 2.75) is 6.18 Å². The van der Waals surface area contributed by atoms with Gasteiger partial charge in [0.1, 0.15) is 11.3 Å². The van der Waals surface area contributed by atoms with Crippen LogP contribution < -0.4 is 0 Å². The fourth-order valence-corrected chi connectivity index (χ4v) is 1.98. The Morgan fingerprint density at radius 1 is 1.33 bits per heavy atom. The molecule has 0 aromatic carbocycles. The van der Waals surface area contributed by atoms with Gasteiger partial charge in [0.05, 0.1) is 0 Å². The van der Waals surface area contributed by atoms with E-state index in [2.05, 4.69) is 20.9 Å². The van der Waals surface area contributed by atoms with Crippen molar-refractivity contribution in [3.8, 4) is 0 Å². The summed E-state index contributed by atoms with van der Waals surface area (Å²) in [5.41, 5.74) is -0.555. The zero-order valence-electron chi connectivity index (χ0n) is 7.64. The molecule has 0 spiro atoms. The standard InChI is InChI=1S/C9H6BrF3N2/c1-15-4-6(10)5-2-3-7(9(11,12)13)14-8(5)15/h2-4H,1H3. The van der Waals surface area contributed by atoms with E-state index >= 15 is 0 Å². The molecule has 2 aromatic rings. The first-order chi connectivity index (χ1) is 6.89. The SMILES string of the molecule is Cn1cc(Br)c2ccc(C(F)(F)F)nc21. The molecule has 6 heteroatoms. The van der Waals surface area contributed by atoms with Crippen LogP contribution in [0.3, 0.4) is 0 Å². The molecule has 2 nitrogen and oxygen atoms in total. The number of hydrogen-bond acceptors (Lipinski definition) is 1. The van der Waals surface area contributed by atoms with Crippen LogP contribution >= 0.6 is 15.9 Å². The number of nitrogens with zero attached hydrogens (tertiary/aromatic N) is 2. The molecule has 0 aliphatic rings. The largest absolute Gasteiger partial charge is 0.433 e. The van der Waals surface area contributed by atoms with Gasteiger partial charge in [0.25, 0.3) is 0 Å². The van der Waals surface area contributed by atoms with Crippen LogP contribution in [-0.4, -0.2) is 9.55 Å². The van der Waals surface area contributed by atoms with Crippen LogP contribution in [-0.2, 0) is 13.2 Å². The normalized spacial score (nSPS) is 12.3. The van der Waals surface area contributed by atoms with Gasteiger partial charge in [-0.25, -0.2) is 4.98 Å². The van der Waals surface area contributed by atoms with Crippen molar-refractivity contribution in [1.82, 2.24) is 9.55 Å². The van der Waals surface area contributed by atoms with Crippen LogP contribution in [0.25, 0.3) is 11.0 Å². The van der Waals surface area contributed by atoms with Crippen molar-refractivity contribution in [1.29, 1.82) is 0 Å². The molecule has 0 unspecified atom stereocenters. The number of rotatable bonds is 0. The Bertz CT molecular complexity index is 516. The lowest BCUT2D eigenvalue weighted by molar-refractivity contribution is -0.141. The van der Waals surface area contributed by atoms with Gasteiger partial charge in [-0.3, -0.25) is 0 Å². The minimum Gasteiger partial charge on any atom is -0.334 e. The van der Waals surface area contributed by atoms with Crippen molar-refractivity contribution < 1.29 is 13.2 Å². The topological polar surface area (TPSA) is 17.8 Å². The van der Waals surface area contributed by atoms with E-state index in [0.717, 1.165) is 10.5 Å². The highest BCUT2D eigenvalue weighted by atomic mass is 79.9. The Morgan fingerprint density at radius 2 is 2.00 bits per heavy atom. The van der Waals surface area contributed by atoms with Crippen LogP contribution in [0.1, 0.15) is 5.69 Å². The molecule has 0 radical (unpaired) electrons. The van der Waals surface area contributed by atoms with Crippen LogP contribution in [0.15, 0.2) is 22.8 Å². The van der Waals surface area contributed by atoms with Crippen molar-refractivity contribution in [3.05, 3.63) is 28.5 Å². The van der Waals surface area contributed by atoms with E-state index in [1.165, 1.54) is 6.07 Å². The summed E-state index contributed by atoms with van der Waals surface area (Å²) in [5.74, 6) is 0. The molecular weight excluding hydrogens is 273 g/mol. The second-order valence-corrected chi connectivity index (χ2v) is 4.01. The Hall–Kier alpha value is -1.04. The molecule has 0 bridgehead atoms. The lowest BCUT2D eigenvalue weighted by Gasteiger charge is -2.05. The molecule has 0 amide bonds. The molecule has 2 rings (SSSR count). The summed E-state index contributed by atoms with van der Waals surface area (Å²) in [6, 6.07) is 2.39. The average molecular weight is 279 g/mol. The van der Waals surface area contributed by atoms with E-state index in [9.17, 15) is 13.2 Å². The van der Waals surface area contributed by atoms with Gasteiger partial charge in [0.15, 0.2) is 0 Å². The monoisotopic (exact) mass is 278 g/mol. The smallest absolute Gasteiger partial charge is 0.334 e. The van der Waals surface area contributed by atoms with Gasteiger partial charge in [-0.1, -0.05) is 0 Å². The first-order valence-electron chi connectivity index (χ1n) is 4.08. The van der Waals surface area contributed by atoms with Gasteiger partial charge in [0.2, 0.25) is 0 Å². The number of halogens is 4. The first-order valence-corrected chi connectivity index (χ1v) is 4.87. The molecule has 0 saturated heterocycles. The highest BCUT2D eigenvalue weighted by Crippen LogP contribution is 2.31. The molecule has 0 N–H and O–H groups in total. The van der Waals surface area contributed by atoms with E-state index in [1.807, 2.05) is 0 Å². The first kappa shape index (κ1) is 10.5. The van der Waals surface area contributed by atoms with E-state index in [-0.39, 0.29) is 0 Å². The quantitative estimate of drug-likeness (QED) is 0.723. The van der Waals surface area contributed by atoms with E-state index < -0.39 is 11.9 Å². The molecule has 80 valence electrons. The third-order valence-electron chi connectivity index (χ3n) is 2.06. The van der Waals surface area contributed by atoms with Crippen molar-refractivity contribution in [3.63, 3.8) is 0 Å². The predicted octanol–water partition coefficient (Wildman–Crippen LogP) is 3.35. The molecule has 2 heterocycles. The van der Waals surface area contributed by atoms with Gasteiger partial charge in [-0.05, 0) is 28.1 Å². The lowest BCUT2D eigenvalue weighted by atomic mass is 10.3. The number of hydrogen-bond donors (Lipinski definition) is 0. The Kier molecular flexibility index (Phi) is 2.26. The predicted molar refractivity (Wildman–Crippen MR) is 53.4 cm³/mol. The fourth-order valence-electron chi connectivity index (χ4n) is 1.36. The van der Waals surface area contributed by atoms with Gasteiger partial charge >= 0.3 is 6.18 Å². The highest BCUT2D eigenvalue weighted by molar-refractivity contribution is 9.10. The zero-order chi connectivity index (χ0) is 11.2. The number of aromatic nitrogens is 2. The molecule has 0 aliphatic heterocycles. The van der Waals surface area contributed by atoms with Crippen molar-refractivity contribution in [2.24, 2.45) is 7.05 Å². The van der Waals surface area contributed by atoms with Crippen molar-refractivity contribution in [2.75, 3.05) is 0 Å². The second-order valence-electron chi connectivity index (χ2n) is 3.15. The van der Waals surface area contributed by atoms with Crippen molar-refractivity contribution >= 4 is 27.0 Å². The minimum atomic E-state index is -4.40. The molecule has 0 aliphatic carbocycles. The van der Waals surface area contributed by atoms with Crippen LogP contribution in [0, 0.1) is 0 Å². The number of fused-ring (bicyclic) bond motifs is 1. The Labute approximate surface area is 91.8 Å². The number of pyridine rings is 1. The summed E-state index contributed by atoms with van der Waals surface area (Å²) < 4.78 is 39.4. The van der Waals surface area contributed by atoms with Crippen LogP contribution in [0.4, 0.5) is 13.2 Å². The molecule has 2 aromatic heterocycles. The third-order valence-corrected chi connectivity index (χ3v) is 2.70. The maximum Gasteiger partial charge on any atom is 0.433 e. The molecule has 15 heavy (non-hydrogen) atoms. The molecule has 0 saturated carbocycles. The minimum absolute atomic E-state index is 0.316. The molecule has 0 fully saturated rings. The number of alkyl halides is 3. The van der Waals surface area contributed by atoms with Gasteiger partial charge in [0, 0.05) is 23.1 Å². The Morgan fingerprint density at radius 3 is 2.60 bits per heavy atom. The summed E-state index contributed by atoms with van der Waals surface area (Å²) in [7, 11) is 1.65. The van der Waals surface area contributed by atoms with E-state index in [4.69, 9.17) is 0 Å². The van der Waals surface area contributed by atoms with Crippen LogP contribution in [0.5, 0.6) is 0 Å². The fraction of sp³-hybridized carbons (Fsp3) is 0.222. The average Bonchev–Trinajstić information content (AvgIpc) is 2.41. The van der Waals surface area contributed by atoms with Crippen LogP contribution in [0.2, 0.25) is 0 Å². The van der Waals surface area contributed by atoms with Gasteiger partial charge in [-0.15, -0.1) is 0 Å². The third kappa shape index (κ3) is 1.73. The molecule has 0 atom stereocenters. The molecular formula is C9H6BrF3N2. The maximum absolute atomic E-state index is 12.4. The van der Waals surface area contributed by atoms with E-state index in [1.54, 1.807) is 17.8 Å². The summed E-state index contributed by atoms with van der Waals surface area (Å²) >= 11 is 3.25. The number of aryl methyl sites for hydroxylation is 1. The maximum atomic E-state index is 12.4. The van der Waals surface area contributed by atoms with Gasteiger partial charge in [-0.2, -0.15) is 13.2 Å². The lowest BCUT2D eigenvalue weighted by Crippen LogP contribution is -2.08. The van der Waals surface area contributed by atoms with E-state index in [0.29, 0.717) is 11.0 Å². The second kappa shape index (κ2) is 3.23. The Balaban J connectivity index is 2.71. The summed E-state index contributed by atoms with van der Waals surface area (Å²) in [4.78, 5) is 3.57. The van der Waals surface area contributed by atoms with Gasteiger partial charge < -0.3 is 4.57 Å². The summed E-state index contributed by atoms with van der Waals surface area (Å²) in [5, 5.41) is 0.672. The summed E-state index contributed by atoms with van der Waals surface area (Å²) in [6.45, 7) is 0. The highest BCUT2D eigenvalue weighted by Gasteiger charge is 2.32.